The number of aromatic carboxylic acids is 1. The van der Waals surface area contributed by atoms with E-state index in [4.69, 9.17) is 5.11 Å². The number of carbonyl (C=O) groups is 1. The van der Waals surface area contributed by atoms with Crippen molar-refractivity contribution >= 4 is 32.1 Å². The van der Waals surface area contributed by atoms with Gasteiger partial charge in [-0.2, -0.15) is 8.42 Å². The van der Waals surface area contributed by atoms with E-state index in [9.17, 15) is 17.1 Å². The predicted octanol–water partition coefficient (Wildman–Crippen LogP) is 2.11. The lowest BCUT2D eigenvalue weighted by Crippen LogP contribution is -2.03. The molecule has 0 amide bonds. The molecule has 1 N–H and O–H groups in total. The Hall–Kier alpha value is -0.950. The average Bonchev–Trinajstić information content (AvgIpc) is 2.06. The summed E-state index contributed by atoms with van der Waals surface area (Å²) in [5.74, 6) is -1.32. The van der Waals surface area contributed by atoms with Gasteiger partial charge in [0.05, 0.1) is 5.56 Å². The van der Waals surface area contributed by atoms with Gasteiger partial charge in [0.1, 0.15) is 4.90 Å². The number of hydrogen-bond donors (Lipinski definition) is 1. The van der Waals surface area contributed by atoms with Crippen LogP contribution in [-0.4, -0.2) is 19.5 Å². The van der Waals surface area contributed by atoms with Crippen LogP contribution in [0, 0.1) is 6.92 Å². The minimum absolute atomic E-state index is 0.141. The SMILES string of the molecule is Cc1c(Br)cc(C(=O)O)cc1S(=O)(=O)F. The Bertz CT molecular complexity index is 524. The zero-order valence-electron chi connectivity index (χ0n) is 7.49. The molecule has 1 rings (SSSR count). The molecule has 82 valence electrons. The van der Waals surface area contributed by atoms with Crippen LogP contribution in [0.5, 0.6) is 0 Å². The molecule has 7 heteroatoms. The maximum Gasteiger partial charge on any atom is 0.335 e. The monoisotopic (exact) mass is 296 g/mol. The van der Waals surface area contributed by atoms with Crippen LogP contribution in [0.1, 0.15) is 15.9 Å². The number of carboxylic acid groups (broad SMARTS) is 1. The van der Waals surface area contributed by atoms with Gasteiger partial charge in [-0.15, -0.1) is 3.89 Å². The van der Waals surface area contributed by atoms with E-state index in [1.54, 1.807) is 0 Å². The first-order valence-corrected chi connectivity index (χ1v) is 5.89. The Balaban J connectivity index is 3.59. The fourth-order valence-corrected chi connectivity index (χ4v) is 2.37. The molecule has 4 nitrogen and oxygen atoms in total. The van der Waals surface area contributed by atoms with Gasteiger partial charge in [0.25, 0.3) is 0 Å². The Kier molecular flexibility index (Phi) is 3.15. The zero-order chi connectivity index (χ0) is 11.8. The van der Waals surface area contributed by atoms with Crippen molar-refractivity contribution in [3.05, 3.63) is 27.7 Å². The lowest BCUT2D eigenvalue weighted by molar-refractivity contribution is 0.0696. The lowest BCUT2D eigenvalue weighted by Gasteiger charge is -2.05. The van der Waals surface area contributed by atoms with Crippen molar-refractivity contribution in [1.82, 2.24) is 0 Å². The fraction of sp³-hybridized carbons (Fsp3) is 0.125. The normalized spacial score (nSPS) is 11.4. The number of rotatable bonds is 2. The largest absolute Gasteiger partial charge is 0.478 e. The third kappa shape index (κ3) is 2.54. The van der Waals surface area contributed by atoms with Crippen LogP contribution in [-0.2, 0) is 10.2 Å². The highest BCUT2D eigenvalue weighted by Gasteiger charge is 2.20. The standard InChI is InChI=1S/C8H6BrFO4S/c1-4-6(9)2-5(8(11)12)3-7(4)15(10,13)14/h2-3H,1H3,(H,11,12). The number of benzene rings is 1. The van der Waals surface area contributed by atoms with Crippen molar-refractivity contribution in [3.63, 3.8) is 0 Å². The second kappa shape index (κ2) is 3.90. The Morgan fingerprint density at radius 2 is 2.00 bits per heavy atom. The van der Waals surface area contributed by atoms with Gasteiger partial charge >= 0.3 is 16.2 Å². The summed E-state index contributed by atoms with van der Waals surface area (Å²) < 4.78 is 34.4. The molecule has 0 atom stereocenters. The molecule has 1 aromatic rings. The van der Waals surface area contributed by atoms with Gasteiger partial charge in [0, 0.05) is 4.47 Å². The van der Waals surface area contributed by atoms with E-state index in [0.717, 1.165) is 6.07 Å². The van der Waals surface area contributed by atoms with Crippen molar-refractivity contribution in [3.8, 4) is 0 Å². The molecule has 1 aromatic carbocycles. The predicted molar refractivity (Wildman–Crippen MR) is 54.1 cm³/mol. The Labute approximate surface area is 94.1 Å². The van der Waals surface area contributed by atoms with Gasteiger partial charge in [0.2, 0.25) is 0 Å². The summed E-state index contributed by atoms with van der Waals surface area (Å²) in [5, 5.41) is 8.65. The van der Waals surface area contributed by atoms with Crippen molar-refractivity contribution < 1.29 is 22.2 Å². The van der Waals surface area contributed by atoms with Crippen LogP contribution in [0.2, 0.25) is 0 Å². The molecule has 0 aliphatic rings. The first-order chi connectivity index (χ1) is 6.73. The van der Waals surface area contributed by atoms with E-state index < -0.39 is 21.1 Å². The topological polar surface area (TPSA) is 71.4 Å². The molecule has 0 heterocycles. The molecular formula is C8H6BrFO4S. The molecular weight excluding hydrogens is 291 g/mol. The van der Waals surface area contributed by atoms with Gasteiger partial charge in [-0.05, 0) is 24.6 Å². The first-order valence-electron chi connectivity index (χ1n) is 3.71. The van der Waals surface area contributed by atoms with Crippen LogP contribution in [0.25, 0.3) is 0 Å². The minimum atomic E-state index is -4.91. The van der Waals surface area contributed by atoms with Crippen molar-refractivity contribution in [2.75, 3.05) is 0 Å². The Morgan fingerprint density at radius 1 is 1.47 bits per heavy atom. The zero-order valence-corrected chi connectivity index (χ0v) is 9.89. The molecule has 15 heavy (non-hydrogen) atoms. The van der Waals surface area contributed by atoms with Crippen molar-refractivity contribution in [2.24, 2.45) is 0 Å². The van der Waals surface area contributed by atoms with E-state index in [1.165, 1.54) is 13.0 Å². The summed E-state index contributed by atoms with van der Waals surface area (Å²) in [4.78, 5) is 9.98. The molecule has 0 saturated carbocycles. The first kappa shape index (κ1) is 12.1. The molecule has 0 bridgehead atoms. The van der Waals surface area contributed by atoms with Crippen LogP contribution < -0.4 is 0 Å². The van der Waals surface area contributed by atoms with Crippen molar-refractivity contribution in [2.45, 2.75) is 11.8 Å². The summed E-state index contributed by atoms with van der Waals surface area (Å²) in [6, 6.07) is 2.00. The quantitative estimate of drug-likeness (QED) is 0.849. The maximum absolute atomic E-state index is 12.8. The smallest absolute Gasteiger partial charge is 0.335 e. The number of halogens is 2. The van der Waals surface area contributed by atoms with E-state index in [-0.39, 0.29) is 15.6 Å². The summed E-state index contributed by atoms with van der Waals surface area (Å²) in [7, 11) is -4.91. The number of carboxylic acids is 1. The van der Waals surface area contributed by atoms with Gasteiger partial charge in [0.15, 0.2) is 0 Å². The van der Waals surface area contributed by atoms with E-state index in [2.05, 4.69) is 15.9 Å². The van der Waals surface area contributed by atoms with E-state index in [0.29, 0.717) is 0 Å². The van der Waals surface area contributed by atoms with Crippen LogP contribution >= 0.6 is 15.9 Å². The van der Waals surface area contributed by atoms with Crippen LogP contribution in [0.3, 0.4) is 0 Å². The molecule has 0 fully saturated rings. The molecule has 0 unspecified atom stereocenters. The van der Waals surface area contributed by atoms with Gasteiger partial charge in [-0.1, -0.05) is 15.9 Å². The molecule has 0 spiro atoms. The Morgan fingerprint density at radius 3 is 2.40 bits per heavy atom. The van der Waals surface area contributed by atoms with Gasteiger partial charge < -0.3 is 5.11 Å². The highest BCUT2D eigenvalue weighted by Crippen LogP contribution is 2.26. The molecule has 0 saturated heterocycles. The summed E-state index contributed by atoms with van der Waals surface area (Å²) in [6.07, 6.45) is 0. The lowest BCUT2D eigenvalue weighted by atomic mass is 10.1. The third-order valence-electron chi connectivity index (χ3n) is 1.81. The number of hydrogen-bond acceptors (Lipinski definition) is 3. The average molecular weight is 297 g/mol. The van der Waals surface area contributed by atoms with Crippen LogP contribution in [0.4, 0.5) is 3.89 Å². The van der Waals surface area contributed by atoms with Gasteiger partial charge in [-0.25, -0.2) is 4.79 Å². The van der Waals surface area contributed by atoms with E-state index in [1.807, 2.05) is 0 Å². The third-order valence-corrected chi connectivity index (χ3v) is 3.58. The molecule has 0 aromatic heterocycles. The second-order valence-corrected chi connectivity index (χ2v) is 4.99. The van der Waals surface area contributed by atoms with Gasteiger partial charge in [-0.3, -0.25) is 0 Å². The summed E-state index contributed by atoms with van der Waals surface area (Å²) in [5.41, 5.74) is -0.147. The fourth-order valence-electron chi connectivity index (χ4n) is 1.03. The van der Waals surface area contributed by atoms with Crippen LogP contribution in [0.15, 0.2) is 21.5 Å². The highest BCUT2D eigenvalue weighted by molar-refractivity contribution is 9.10. The molecule has 0 radical (unpaired) electrons. The van der Waals surface area contributed by atoms with E-state index >= 15 is 0 Å². The van der Waals surface area contributed by atoms with Crippen molar-refractivity contribution in [1.29, 1.82) is 0 Å². The molecule has 0 aliphatic heterocycles. The maximum atomic E-state index is 12.8. The summed E-state index contributed by atoms with van der Waals surface area (Å²) in [6.45, 7) is 1.38. The highest BCUT2D eigenvalue weighted by atomic mass is 79.9. The minimum Gasteiger partial charge on any atom is -0.478 e. The second-order valence-electron chi connectivity index (χ2n) is 2.82. The summed E-state index contributed by atoms with van der Waals surface area (Å²) >= 11 is 2.96. The molecule has 0 aliphatic carbocycles.